The van der Waals surface area contributed by atoms with Crippen LogP contribution in [0.3, 0.4) is 0 Å². The molecule has 0 aliphatic heterocycles. The van der Waals surface area contributed by atoms with Crippen molar-refractivity contribution in [3.05, 3.63) is 24.3 Å². The van der Waals surface area contributed by atoms with E-state index in [4.69, 9.17) is 4.74 Å². The lowest BCUT2D eigenvalue weighted by atomic mass is 10.0. The van der Waals surface area contributed by atoms with Crippen LogP contribution < -0.4 is 5.32 Å². The number of unbranched alkanes of at least 4 members (excludes halogenated alkanes) is 60. The third kappa shape index (κ3) is 69.4. The summed E-state index contributed by atoms with van der Waals surface area (Å²) in [5.41, 5.74) is 0. The molecule has 0 aromatic carbocycles. The maximum Gasteiger partial charge on any atom is 0.305 e. The first-order valence-corrected chi connectivity index (χ1v) is 38.6. The van der Waals surface area contributed by atoms with Crippen LogP contribution in [0.25, 0.3) is 0 Å². The van der Waals surface area contributed by atoms with E-state index < -0.39 is 12.1 Å². The van der Waals surface area contributed by atoms with Gasteiger partial charge in [-0.2, -0.15) is 0 Å². The molecule has 0 heterocycles. The second-order valence-corrected chi connectivity index (χ2v) is 26.7. The number of carbonyl (C=O) groups is 2. The van der Waals surface area contributed by atoms with Crippen molar-refractivity contribution in [3.63, 3.8) is 0 Å². The van der Waals surface area contributed by atoms with Gasteiger partial charge in [-0.3, -0.25) is 9.59 Å². The van der Waals surface area contributed by atoms with Gasteiger partial charge in [0.15, 0.2) is 0 Å². The maximum absolute atomic E-state index is 12.5. The van der Waals surface area contributed by atoms with Gasteiger partial charge in [0.1, 0.15) is 0 Å². The van der Waals surface area contributed by atoms with Crippen molar-refractivity contribution in [1.82, 2.24) is 5.32 Å². The molecule has 6 heteroatoms. The second kappa shape index (κ2) is 73.8. The summed E-state index contributed by atoms with van der Waals surface area (Å²) in [5.74, 6) is -0.0434. The van der Waals surface area contributed by atoms with Crippen LogP contribution in [0.5, 0.6) is 0 Å². The summed E-state index contributed by atoms with van der Waals surface area (Å²) in [6.45, 7) is 4.93. The minimum Gasteiger partial charge on any atom is -0.466 e. The van der Waals surface area contributed by atoms with Crippen LogP contribution in [0, 0.1) is 0 Å². The highest BCUT2D eigenvalue weighted by Gasteiger charge is 2.18. The van der Waals surface area contributed by atoms with Crippen LogP contribution >= 0.6 is 0 Å². The van der Waals surface area contributed by atoms with E-state index in [0.29, 0.717) is 19.4 Å². The highest BCUT2D eigenvalue weighted by Crippen LogP contribution is 2.20. The fourth-order valence-corrected chi connectivity index (χ4v) is 12.3. The van der Waals surface area contributed by atoms with Crippen molar-refractivity contribution in [2.45, 2.75) is 450 Å². The summed E-state index contributed by atoms with van der Waals surface area (Å²) >= 11 is 0. The van der Waals surface area contributed by atoms with E-state index in [1.54, 1.807) is 6.08 Å². The Hall–Kier alpha value is -1.66. The summed E-state index contributed by atoms with van der Waals surface area (Å²) in [5, 5.41) is 23.2. The minimum atomic E-state index is -0.839. The second-order valence-electron chi connectivity index (χ2n) is 26.7. The molecular weight excluding hydrogens is 1030 g/mol. The fraction of sp³-hybridized carbons (Fsp3) is 0.923. The van der Waals surface area contributed by atoms with Crippen LogP contribution in [0.4, 0.5) is 0 Å². The number of hydrogen-bond donors (Lipinski definition) is 3. The Morgan fingerprint density at radius 2 is 0.560 bits per heavy atom. The Morgan fingerprint density at radius 1 is 0.321 bits per heavy atom. The van der Waals surface area contributed by atoms with E-state index in [-0.39, 0.29) is 18.5 Å². The van der Waals surface area contributed by atoms with Crippen molar-refractivity contribution < 1.29 is 24.5 Å². The molecule has 0 fully saturated rings. The summed E-state index contributed by atoms with van der Waals surface area (Å²) in [7, 11) is 0. The Morgan fingerprint density at radius 3 is 0.845 bits per heavy atom. The Balaban J connectivity index is 3.29. The van der Waals surface area contributed by atoms with Crippen LogP contribution in [0.15, 0.2) is 24.3 Å². The highest BCUT2D eigenvalue weighted by atomic mass is 16.5. The van der Waals surface area contributed by atoms with Crippen LogP contribution in [0.1, 0.15) is 438 Å². The minimum absolute atomic E-state index is 0.0160. The Kier molecular flexibility index (Phi) is 72.3. The zero-order valence-corrected chi connectivity index (χ0v) is 57.2. The largest absolute Gasteiger partial charge is 0.466 e. The van der Waals surface area contributed by atoms with E-state index >= 15 is 0 Å². The van der Waals surface area contributed by atoms with E-state index in [1.165, 1.54) is 366 Å². The van der Waals surface area contributed by atoms with Crippen molar-refractivity contribution >= 4 is 11.9 Å². The SMILES string of the molecule is CCCCCCC/C=C\CCCCCCCC(=O)OCCCCCCCCCCCCCCCCCCCCCCCCCCCCCCCCCCCCCCCCCC(=O)NC(CO)C(O)/C=C/CCCCCCCCCCCCCC. The molecular formula is C78H151NO5. The standard InChI is InChI=1S/C78H151NO5/c1-3-5-7-9-11-13-15-17-46-50-54-58-62-66-70-76(81)75(74-80)79-77(82)71-67-63-59-55-51-47-44-42-40-38-36-34-32-30-28-26-24-22-20-19-21-23-25-27-29-31-33-35-37-39-41-43-45-49-53-57-61-65-69-73-84-78(83)72-68-64-60-56-52-48-18-16-14-12-10-8-6-4-2/h16,18,66,70,75-76,80-81H,3-15,17,19-65,67-69,71-74H2,1-2H3,(H,79,82)/b18-16-,70-66+. The van der Waals surface area contributed by atoms with Crippen LogP contribution in [0.2, 0.25) is 0 Å². The van der Waals surface area contributed by atoms with E-state index in [1.807, 2.05) is 6.08 Å². The zero-order valence-electron chi connectivity index (χ0n) is 57.2. The van der Waals surface area contributed by atoms with Gasteiger partial charge in [0, 0.05) is 12.8 Å². The smallest absolute Gasteiger partial charge is 0.305 e. The molecule has 0 saturated heterocycles. The molecule has 0 rings (SSSR count). The first-order chi connectivity index (χ1) is 41.5. The molecule has 498 valence electrons. The van der Waals surface area contributed by atoms with Gasteiger partial charge >= 0.3 is 5.97 Å². The molecule has 0 aromatic heterocycles. The molecule has 0 spiro atoms. The van der Waals surface area contributed by atoms with Gasteiger partial charge < -0.3 is 20.3 Å². The lowest BCUT2D eigenvalue weighted by molar-refractivity contribution is -0.143. The number of hydrogen-bond acceptors (Lipinski definition) is 5. The Bertz CT molecular complexity index is 1320. The molecule has 2 unspecified atom stereocenters. The van der Waals surface area contributed by atoms with Gasteiger partial charge in [-0.15, -0.1) is 0 Å². The molecule has 0 radical (unpaired) electrons. The monoisotopic (exact) mass is 1180 g/mol. The number of aliphatic hydroxyl groups excluding tert-OH is 2. The van der Waals surface area contributed by atoms with E-state index in [0.717, 1.165) is 44.9 Å². The van der Waals surface area contributed by atoms with Crippen molar-refractivity contribution in [2.24, 2.45) is 0 Å². The number of carbonyl (C=O) groups excluding carboxylic acids is 2. The normalized spacial score (nSPS) is 12.6. The van der Waals surface area contributed by atoms with Crippen molar-refractivity contribution in [1.29, 1.82) is 0 Å². The van der Waals surface area contributed by atoms with Gasteiger partial charge in [0.2, 0.25) is 5.91 Å². The maximum atomic E-state index is 12.5. The molecule has 0 bridgehead atoms. The van der Waals surface area contributed by atoms with E-state index in [2.05, 4.69) is 31.3 Å². The summed E-state index contributed by atoms with van der Waals surface area (Å²) in [4.78, 5) is 24.6. The molecule has 3 N–H and O–H groups in total. The van der Waals surface area contributed by atoms with Gasteiger partial charge in [-0.1, -0.05) is 391 Å². The van der Waals surface area contributed by atoms with Gasteiger partial charge in [-0.25, -0.2) is 0 Å². The highest BCUT2D eigenvalue weighted by molar-refractivity contribution is 5.76. The molecule has 84 heavy (non-hydrogen) atoms. The lowest BCUT2D eigenvalue weighted by Gasteiger charge is -2.20. The predicted molar refractivity (Wildman–Crippen MR) is 370 cm³/mol. The quantitative estimate of drug-likeness (QED) is 0.0320. The molecule has 1 amide bonds. The fourth-order valence-electron chi connectivity index (χ4n) is 12.3. The first kappa shape index (κ1) is 82.3. The first-order valence-electron chi connectivity index (χ1n) is 38.6. The molecule has 0 aliphatic rings. The number of aliphatic hydroxyl groups is 2. The molecule has 0 aliphatic carbocycles. The average Bonchev–Trinajstić information content (AvgIpc) is 3.52. The van der Waals surface area contributed by atoms with Crippen LogP contribution in [-0.2, 0) is 14.3 Å². The van der Waals surface area contributed by atoms with Crippen molar-refractivity contribution in [2.75, 3.05) is 13.2 Å². The summed E-state index contributed by atoms with van der Waals surface area (Å²) in [6, 6.07) is -0.622. The van der Waals surface area contributed by atoms with E-state index in [9.17, 15) is 19.8 Å². The topological polar surface area (TPSA) is 95.9 Å². The third-order valence-corrected chi connectivity index (χ3v) is 18.2. The number of rotatable bonds is 73. The van der Waals surface area contributed by atoms with Crippen LogP contribution in [-0.4, -0.2) is 47.4 Å². The number of ether oxygens (including phenoxy) is 1. The molecule has 0 saturated carbocycles. The summed E-state index contributed by atoms with van der Waals surface area (Å²) in [6.07, 6.45) is 94.5. The molecule has 0 aromatic rings. The number of amides is 1. The number of nitrogens with one attached hydrogen (secondary N) is 1. The number of allylic oxidation sites excluding steroid dienone is 3. The van der Waals surface area contributed by atoms with Crippen molar-refractivity contribution in [3.8, 4) is 0 Å². The molecule has 2 atom stereocenters. The summed E-state index contributed by atoms with van der Waals surface area (Å²) < 4.78 is 5.49. The lowest BCUT2D eigenvalue weighted by Crippen LogP contribution is -2.45. The van der Waals surface area contributed by atoms with Gasteiger partial charge in [-0.05, 0) is 57.8 Å². The third-order valence-electron chi connectivity index (χ3n) is 18.2. The zero-order chi connectivity index (χ0) is 60.6. The predicted octanol–water partition coefficient (Wildman–Crippen LogP) is 25.3. The molecule has 6 nitrogen and oxygen atoms in total. The van der Waals surface area contributed by atoms with Gasteiger partial charge in [0.25, 0.3) is 0 Å². The Labute approximate surface area is 526 Å². The number of esters is 1. The van der Waals surface area contributed by atoms with Gasteiger partial charge in [0.05, 0.1) is 25.4 Å². The average molecular weight is 1180 g/mol.